The summed E-state index contributed by atoms with van der Waals surface area (Å²) in [4.78, 5) is 22.2. The summed E-state index contributed by atoms with van der Waals surface area (Å²) in [5.41, 5.74) is 1.22. The summed E-state index contributed by atoms with van der Waals surface area (Å²) in [5, 5.41) is 2.99. The van der Waals surface area contributed by atoms with E-state index in [2.05, 4.69) is 27.4 Å². The molecule has 0 saturated carbocycles. The van der Waals surface area contributed by atoms with Gasteiger partial charge in [0.05, 0.1) is 12.7 Å². The summed E-state index contributed by atoms with van der Waals surface area (Å²) in [6.45, 7) is 1.97. The summed E-state index contributed by atoms with van der Waals surface area (Å²) >= 11 is 0. The van der Waals surface area contributed by atoms with E-state index < -0.39 is 0 Å². The average Bonchev–Trinajstić information content (AvgIpc) is 2.64. The minimum atomic E-state index is -0.0321. The highest BCUT2D eigenvalue weighted by atomic mass is 16.5. The first kappa shape index (κ1) is 16.2. The molecule has 1 saturated heterocycles. The molecule has 0 bridgehead atoms. The molecule has 0 unspecified atom stereocenters. The minimum absolute atomic E-state index is 0.0293. The van der Waals surface area contributed by atoms with Gasteiger partial charge in [0.15, 0.2) is 0 Å². The first-order valence-corrected chi connectivity index (χ1v) is 8.30. The fraction of sp³-hybridized carbons (Fsp3) is 0.389. The van der Waals surface area contributed by atoms with Gasteiger partial charge in [0, 0.05) is 25.5 Å². The average molecular weight is 326 g/mol. The summed E-state index contributed by atoms with van der Waals surface area (Å²) in [7, 11) is 0. The van der Waals surface area contributed by atoms with Crippen LogP contribution in [-0.2, 0) is 6.42 Å². The number of ether oxygens (including phenoxy) is 1. The smallest absolute Gasteiger partial charge is 0.317 e. The van der Waals surface area contributed by atoms with Crippen molar-refractivity contribution in [1.29, 1.82) is 0 Å². The SMILES string of the molecule is O=C(NCCc1ccccc1)N1CCC[C@H](Oc2cnccn2)C1. The third-order valence-corrected chi connectivity index (χ3v) is 4.02. The van der Waals surface area contributed by atoms with E-state index in [1.165, 1.54) is 5.56 Å². The number of amides is 2. The lowest BCUT2D eigenvalue weighted by molar-refractivity contribution is 0.0976. The summed E-state index contributed by atoms with van der Waals surface area (Å²) < 4.78 is 5.81. The van der Waals surface area contributed by atoms with E-state index in [1.54, 1.807) is 18.6 Å². The van der Waals surface area contributed by atoms with Crippen LogP contribution in [0.1, 0.15) is 18.4 Å². The Morgan fingerprint density at radius 1 is 1.29 bits per heavy atom. The predicted octanol–water partition coefficient (Wildman–Crippen LogP) is 2.27. The second kappa shape index (κ2) is 8.29. The van der Waals surface area contributed by atoms with Crippen molar-refractivity contribution in [3.63, 3.8) is 0 Å². The number of piperidine rings is 1. The molecule has 24 heavy (non-hydrogen) atoms. The number of hydrogen-bond donors (Lipinski definition) is 1. The van der Waals surface area contributed by atoms with Crippen molar-refractivity contribution in [2.75, 3.05) is 19.6 Å². The van der Waals surface area contributed by atoms with Gasteiger partial charge in [-0.15, -0.1) is 0 Å². The summed E-state index contributed by atoms with van der Waals surface area (Å²) in [6, 6.07) is 10.1. The van der Waals surface area contributed by atoms with E-state index >= 15 is 0 Å². The Kier molecular flexibility index (Phi) is 5.61. The number of hydrogen-bond acceptors (Lipinski definition) is 4. The van der Waals surface area contributed by atoms with Crippen molar-refractivity contribution in [3.05, 3.63) is 54.5 Å². The fourth-order valence-electron chi connectivity index (χ4n) is 2.81. The largest absolute Gasteiger partial charge is 0.471 e. The predicted molar refractivity (Wildman–Crippen MR) is 90.8 cm³/mol. The maximum atomic E-state index is 12.3. The van der Waals surface area contributed by atoms with Gasteiger partial charge in [-0.2, -0.15) is 0 Å². The van der Waals surface area contributed by atoms with E-state index in [0.29, 0.717) is 19.0 Å². The van der Waals surface area contributed by atoms with Crippen LogP contribution in [0.4, 0.5) is 4.79 Å². The van der Waals surface area contributed by atoms with Crippen LogP contribution in [0.15, 0.2) is 48.9 Å². The van der Waals surface area contributed by atoms with Crippen LogP contribution < -0.4 is 10.1 Å². The molecular formula is C18H22N4O2. The Morgan fingerprint density at radius 2 is 2.17 bits per heavy atom. The van der Waals surface area contributed by atoms with Crippen molar-refractivity contribution in [3.8, 4) is 5.88 Å². The number of nitrogens with one attached hydrogen (secondary N) is 1. The van der Waals surface area contributed by atoms with Gasteiger partial charge in [0.2, 0.25) is 5.88 Å². The second-order valence-electron chi connectivity index (χ2n) is 5.84. The molecule has 1 aliphatic rings. The van der Waals surface area contributed by atoms with Crippen LogP contribution in [0.3, 0.4) is 0 Å². The van der Waals surface area contributed by atoms with Crippen molar-refractivity contribution >= 4 is 6.03 Å². The molecule has 1 fully saturated rings. The highest BCUT2D eigenvalue weighted by Gasteiger charge is 2.25. The van der Waals surface area contributed by atoms with Gasteiger partial charge in [0.25, 0.3) is 0 Å². The molecule has 6 nitrogen and oxygen atoms in total. The van der Waals surface area contributed by atoms with Gasteiger partial charge in [-0.3, -0.25) is 4.98 Å². The van der Waals surface area contributed by atoms with Crippen LogP contribution in [0.5, 0.6) is 5.88 Å². The Balaban J connectivity index is 1.44. The highest BCUT2D eigenvalue weighted by molar-refractivity contribution is 5.74. The molecule has 1 N–H and O–H groups in total. The number of urea groups is 1. The second-order valence-corrected chi connectivity index (χ2v) is 5.84. The standard InChI is InChI=1S/C18H22N4O2/c23-18(21-9-8-15-5-2-1-3-6-15)22-12-4-7-16(14-22)24-17-13-19-10-11-20-17/h1-3,5-6,10-11,13,16H,4,7-9,12,14H2,(H,21,23)/t16-/m0/s1. The van der Waals surface area contributed by atoms with E-state index in [0.717, 1.165) is 25.8 Å². The van der Waals surface area contributed by atoms with Crippen LogP contribution in [0.25, 0.3) is 0 Å². The molecule has 0 spiro atoms. The molecule has 1 aliphatic heterocycles. The minimum Gasteiger partial charge on any atom is -0.471 e. The number of carbonyl (C=O) groups excluding carboxylic acids is 1. The lowest BCUT2D eigenvalue weighted by Crippen LogP contribution is -2.49. The Labute approximate surface area is 141 Å². The number of rotatable bonds is 5. The molecule has 1 atom stereocenters. The zero-order chi connectivity index (χ0) is 16.6. The molecule has 3 rings (SSSR count). The Morgan fingerprint density at radius 3 is 2.96 bits per heavy atom. The van der Waals surface area contributed by atoms with Crippen LogP contribution in [0.2, 0.25) is 0 Å². The maximum Gasteiger partial charge on any atom is 0.317 e. The summed E-state index contributed by atoms with van der Waals surface area (Å²) in [6.07, 6.45) is 7.46. The van der Waals surface area contributed by atoms with Gasteiger partial charge < -0.3 is 15.0 Å². The summed E-state index contributed by atoms with van der Waals surface area (Å²) in [5.74, 6) is 0.508. The van der Waals surface area contributed by atoms with Gasteiger partial charge in [-0.05, 0) is 24.8 Å². The molecular weight excluding hydrogens is 304 g/mol. The first-order valence-electron chi connectivity index (χ1n) is 8.30. The van der Waals surface area contributed by atoms with Gasteiger partial charge >= 0.3 is 6.03 Å². The molecule has 2 amide bonds. The van der Waals surface area contributed by atoms with Gasteiger partial charge in [-0.25, -0.2) is 9.78 Å². The van der Waals surface area contributed by atoms with Crippen molar-refractivity contribution in [1.82, 2.24) is 20.2 Å². The van der Waals surface area contributed by atoms with E-state index in [9.17, 15) is 4.79 Å². The first-order chi connectivity index (χ1) is 11.8. The zero-order valence-electron chi connectivity index (χ0n) is 13.6. The lowest BCUT2D eigenvalue weighted by Gasteiger charge is -2.32. The monoisotopic (exact) mass is 326 g/mol. The van der Waals surface area contributed by atoms with Crippen LogP contribution >= 0.6 is 0 Å². The van der Waals surface area contributed by atoms with E-state index in [1.807, 2.05) is 23.1 Å². The number of likely N-dealkylation sites (tertiary alicyclic amines) is 1. The molecule has 126 valence electrons. The van der Waals surface area contributed by atoms with Crippen LogP contribution in [0, 0.1) is 0 Å². The number of aromatic nitrogens is 2. The number of nitrogens with zero attached hydrogens (tertiary/aromatic N) is 3. The maximum absolute atomic E-state index is 12.3. The molecule has 2 heterocycles. The van der Waals surface area contributed by atoms with Crippen LogP contribution in [-0.4, -0.2) is 46.6 Å². The molecule has 0 radical (unpaired) electrons. The molecule has 1 aromatic carbocycles. The highest BCUT2D eigenvalue weighted by Crippen LogP contribution is 2.15. The third kappa shape index (κ3) is 4.68. The Bertz CT molecular complexity index is 636. The Hall–Kier alpha value is -2.63. The molecule has 2 aromatic rings. The topological polar surface area (TPSA) is 67.4 Å². The molecule has 0 aliphatic carbocycles. The zero-order valence-corrected chi connectivity index (χ0v) is 13.6. The van der Waals surface area contributed by atoms with E-state index in [4.69, 9.17) is 4.74 Å². The number of carbonyl (C=O) groups is 1. The molecule has 6 heteroatoms. The van der Waals surface area contributed by atoms with Gasteiger partial charge in [0.1, 0.15) is 6.10 Å². The van der Waals surface area contributed by atoms with Gasteiger partial charge in [-0.1, -0.05) is 30.3 Å². The fourth-order valence-corrected chi connectivity index (χ4v) is 2.81. The molecule has 1 aromatic heterocycles. The van der Waals surface area contributed by atoms with Crippen molar-refractivity contribution < 1.29 is 9.53 Å². The van der Waals surface area contributed by atoms with Crippen molar-refractivity contribution in [2.24, 2.45) is 0 Å². The quantitative estimate of drug-likeness (QED) is 0.915. The van der Waals surface area contributed by atoms with Crippen molar-refractivity contribution in [2.45, 2.75) is 25.4 Å². The lowest BCUT2D eigenvalue weighted by atomic mass is 10.1. The third-order valence-electron chi connectivity index (χ3n) is 4.02. The van der Waals surface area contributed by atoms with E-state index in [-0.39, 0.29) is 12.1 Å². The normalized spacial score (nSPS) is 17.3. The number of benzene rings is 1.